The summed E-state index contributed by atoms with van der Waals surface area (Å²) in [6, 6.07) is 6.14. The Morgan fingerprint density at radius 3 is 2.62 bits per heavy atom. The van der Waals surface area contributed by atoms with Crippen LogP contribution in [-0.4, -0.2) is 43.8 Å². The molecule has 1 rings (SSSR count). The lowest BCUT2D eigenvalue weighted by Crippen LogP contribution is -2.38. The van der Waals surface area contributed by atoms with E-state index in [4.69, 9.17) is 4.74 Å². The van der Waals surface area contributed by atoms with E-state index >= 15 is 0 Å². The Labute approximate surface area is 142 Å². The van der Waals surface area contributed by atoms with Crippen molar-refractivity contribution in [2.24, 2.45) is 5.92 Å². The van der Waals surface area contributed by atoms with E-state index in [1.165, 1.54) is 6.07 Å². The third-order valence-corrected chi connectivity index (χ3v) is 3.03. The Bertz CT molecular complexity index is 523. The van der Waals surface area contributed by atoms with Crippen LogP contribution < -0.4 is 16.0 Å². The third-order valence-electron chi connectivity index (χ3n) is 3.03. The van der Waals surface area contributed by atoms with Gasteiger partial charge in [0.2, 0.25) is 0 Å². The molecule has 0 atom stereocenters. The summed E-state index contributed by atoms with van der Waals surface area (Å²) in [6.45, 7) is 6.83. The fourth-order valence-corrected chi connectivity index (χ4v) is 1.91. The fourth-order valence-electron chi connectivity index (χ4n) is 1.91. The summed E-state index contributed by atoms with van der Waals surface area (Å²) in [5, 5.41) is 19.2. The summed E-state index contributed by atoms with van der Waals surface area (Å²) in [4.78, 5) is 22.0. The van der Waals surface area contributed by atoms with Crippen molar-refractivity contribution in [2.45, 2.75) is 20.3 Å². The monoisotopic (exact) mass is 338 g/mol. The summed E-state index contributed by atoms with van der Waals surface area (Å²) < 4.78 is 5.42. The normalized spacial score (nSPS) is 10.5. The first kappa shape index (κ1) is 19.7. The van der Waals surface area contributed by atoms with Gasteiger partial charge in [-0.3, -0.25) is 10.1 Å². The molecule has 8 heteroatoms. The number of carbonyl (C=O) groups excluding carboxylic acids is 1. The SMILES string of the molecule is CC(C)COCCCNC(=O)NCCNc1ccccc1[N+](=O)[O-]. The zero-order valence-corrected chi connectivity index (χ0v) is 14.2. The number of nitro groups is 1. The maximum atomic E-state index is 11.6. The van der Waals surface area contributed by atoms with Gasteiger partial charge in [0.25, 0.3) is 5.69 Å². The summed E-state index contributed by atoms with van der Waals surface area (Å²) in [5.74, 6) is 0.509. The molecule has 2 amide bonds. The summed E-state index contributed by atoms with van der Waals surface area (Å²) in [6.07, 6.45) is 0.759. The number of ether oxygens (including phenoxy) is 1. The number of amides is 2. The second-order valence-corrected chi connectivity index (χ2v) is 5.71. The molecule has 0 radical (unpaired) electrons. The number of benzene rings is 1. The first-order valence-electron chi connectivity index (χ1n) is 8.07. The summed E-state index contributed by atoms with van der Waals surface area (Å²) in [5.41, 5.74) is 0.454. The van der Waals surface area contributed by atoms with Gasteiger partial charge in [-0.15, -0.1) is 0 Å². The molecule has 0 fully saturated rings. The summed E-state index contributed by atoms with van der Waals surface area (Å²) >= 11 is 0. The van der Waals surface area contributed by atoms with Crippen molar-refractivity contribution in [3.63, 3.8) is 0 Å². The van der Waals surface area contributed by atoms with E-state index in [9.17, 15) is 14.9 Å². The predicted octanol–water partition coefficient (Wildman–Crippen LogP) is 2.37. The van der Waals surface area contributed by atoms with Crippen LogP contribution in [0, 0.1) is 16.0 Å². The third kappa shape index (κ3) is 8.33. The quantitative estimate of drug-likeness (QED) is 0.326. The lowest BCUT2D eigenvalue weighted by Gasteiger charge is -2.10. The molecule has 1 aromatic rings. The van der Waals surface area contributed by atoms with Gasteiger partial charge < -0.3 is 20.7 Å². The zero-order chi connectivity index (χ0) is 17.8. The highest BCUT2D eigenvalue weighted by atomic mass is 16.6. The van der Waals surface area contributed by atoms with Crippen molar-refractivity contribution in [1.29, 1.82) is 0 Å². The van der Waals surface area contributed by atoms with Gasteiger partial charge in [-0.2, -0.15) is 0 Å². The van der Waals surface area contributed by atoms with Crippen molar-refractivity contribution in [2.75, 3.05) is 38.2 Å². The van der Waals surface area contributed by atoms with E-state index in [0.29, 0.717) is 37.8 Å². The number of urea groups is 1. The number of nitrogens with zero attached hydrogens (tertiary/aromatic N) is 1. The minimum Gasteiger partial charge on any atom is -0.381 e. The molecule has 134 valence electrons. The van der Waals surface area contributed by atoms with Gasteiger partial charge in [0.15, 0.2) is 0 Å². The molecule has 0 saturated carbocycles. The van der Waals surface area contributed by atoms with Crippen LogP contribution in [0.15, 0.2) is 24.3 Å². The van der Waals surface area contributed by atoms with Crippen LogP contribution in [-0.2, 0) is 4.74 Å². The van der Waals surface area contributed by atoms with Crippen molar-refractivity contribution in [1.82, 2.24) is 10.6 Å². The highest BCUT2D eigenvalue weighted by molar-refractivity contribution is 5.73. The second kappa shape index (κ2) is 11.2. The van der Waals surface area contributed by atoms with Crippen LogP contribution in [0.2, 0.25) is 0 Å². The Hall–Kier alpha value is -2.35. The molecule has 0 bridgehead atoms. The van der Waals surface area contributed by atoms with Crippen LogP contribution in [0.1, 0.15) is 20.3 Å². The number of nitro benzene ring substituents is 1. The van der Waals surface area contributed by atoms with Crippen molar-refractivity contribution >= 4 is 17.4 Å². The Balaban J connectivity index is 2.11. The average Bonchev–Trinajstić information content (AvgIpc) is 2.54. The van der Waals surface area contributed by atoms with Crippen LogP contribution in [0.3, 0.4) is 0 Å². The van der Waals surface area contributed by atoms with Crippen LogP contribution in [0.5, 0.6) is 0 Å². The van der Waals surface area contributed by atoms with Crippen LogP contribution >= 0.6 is 0 Å². The van der Waals surface area contributed by atoms with E-state index in [2.05, 4.69) is 29.8 Å². The van der Waals surface area contributed by atoms with E-state index in [-0.39, 0.29) is 11.7 Å². The number of hydrogen-bond acceptors (Lipinski definition) is 5. The van der Waals surface area contributed by atoms with Crippen LogP contribution in [0.25, 0.3) is 0 Å². The smallest absolute Gasteiger partial charge is 0.314 e. The number of rotatable bonds is 11. The van der Waals surface area contributed by atoms with E-state index in [1.807, 2.05) is 0 Å². The first-order valence-corrected chi connectivity index (χ1v) is 8.07. The minimum atomic E-state index is -0.441. The summed E-state index contributed by atoms with van der Waals surface area (Å²) in [7, 11) is 0. The highest BCUT2D eigenvalue weighted by Crippen LogP contribution is 2.22. The van der Waals surface area contributed by atoms with Gasteiger partial charge in [0.05, 0.1) is 4.92 Å². The predicted molar refractivity (Wildman–Crippen MR) is 93.3 cm³/mol. The van der Waals surface area contributed by atoms with Gasteiger partial charge >= 0.3 is 6.03 Å². The lowest BCUT2D eigenvalue weighted by atomic mass is 10.2. The second-order valence-electron chi connectivity index (χ2n) is 5.71. The van der Waals surface area contributed by atoms with Crippen LogP contribution in [0.4, 0.5) is 16.2 Å². The van der Waals surface area contributed by atoms with Crippen molar-refractivity contribution < 1.29 is 14.5 Å². The topological polar surface area (TPSA) is 106 Å². The Morgan fingerprint density at radius 1 is 1.21 bits per heavy atom. The van der Waals surface area contributed by atoms with Gasteiger partial charge in [0.1, 0.15) is 5.69 Å². The number of para-hydroxylation sites is 2. The number of carbonyl (C=O) groups is 1. The molecular formula is C16H26N4O4. The molecule has 0 aliphatic heterocycles. The molecule has 8 nitrogen and oxygen atoms in total. The minimum absolute atomic E-state index is 0.0170. The molecule has 0 aliphatic rings. The molecule has 0 aromatic heterocycles. The molecule has 0 aliphatic carbocycles. The lowest BCUT2D eigenvalue weighted by molar-refractivity contribution is -0.384. The average molecular weight is 338 g/mol. The molecule has 0 heterocycles. The number of anilines is 1. The zero-order valence-electron chi connectivity index (χ0n) is 14.2. The standard InChI is InChI=1S/C16H26N4O4/c1-13(2)12-24-11-5-8-18-16(21)19-10-9-17-14-6-3-4-7-15(14)20(22)23/h3-4,6-7,13,17H,5,8-12H2,1-2H3,(H2,18,19,21). The molecule has 24 heavy (non-hydrogen) atoms. The fraction of sp³-hybridized carbons (Fsp3) is 0.562. The Morgan fingerprint density at radius 2 is 1.92 bits per heavy atom. The number of nitrogens with one attached hydrogen (secondary N) is 3. The van der Waals surface area contributed by atoms with Gasteiger partial charge in [0, 0.05) is 38.9 Å². The first-order chi connectivity index (χ1) is 11.5. The molecule has 0 unspecified atom stereocenters. The van der Waals surface area contributed by atoms with Gasteiger partial charge in [-0.1, -0.05) is 26.0 Å². The molecular weight excluding hydrogens is 312 g/mol. The maximum Gasteiger partial charge on any atom is 0.314 e. The largest absolute Gasteiger partial charge is 0.381 e. The number of hydrogen-bond donors (Lipinski definition) is 3. The van der Waals surface area contributed by atoms with Gasteiger partial charge in [-0.05, 0) is 18.4 Å². The molecule has 0 saturated heterocycles. The van der Waals surface area contributed by atoms with Crippen molar-refractivity contribution in [3.05, 3.63) is 34.4 Å². The Kier molecular flexibility index (Phi) is 9.21. The van der Waals surface area contributed by atoms with Crippen molar-refractivity contribution in [3.8, 4) is 0 Å². The molecule has 0 spiro atoms. The van der Waals surface area contributed by atoms with E-state index < -0.39 is 4.92 Å². The van der Waals surface area contributed by atoms with E-state index in [0.717, 1.165) is 13.0 Å². The van der Waals surface area contributed by atoms with Gasteiger partial charge in [-0.25, -0.2) is 4.79 Å². The highest BCUT2D eigenvalue weighted by Gasteiger charge is 2.11. The maximum absolute atomic E-state index is 11.6. The van der Waals surface area contributed by atoms with E-state index in [1.54, 1.807) is 18.2 Å². The molecule has 3 N–H and O–H groups in total. The molecule has 1 aromatic carbocycles.